The molecule has 0 aromatic heterocycles. The summed E-state index contributed by atoms with van der Waals surface area (Å²) in [7, 11) is 0. The molecule has 1 unspecified atom stereocenters. The molecule has 0 aliphatic carbocycles. The maximum atomic E-state index is 9.56. The molecule has 0 saturated carbocycles. The van der Waals surface area contributed by atoms with Crippen molar-refractivity contribution in [2.45, 2.75) is 20.0 Å². The van der Waals surface area contributed by atoms with Crippen LogP contribution in [0, 0.1) is 0 Å². The predicted octanol–water partition coefficient (Wildman–Crippen LogP) is -0.763. The van der Waals surface area contributed by atoms with Crippen LogP contribution in [0.4, 0.5) is 0 Å². The summed E-state index contributed by atoms with van der Waals surface area (Å²) in [5.74, 6) is 0. The van der Waals surface area contributed by atoms with Gasteiger partial charge in [0.1, 0.15) is 0 Å². The van der Waals surface area contributed by atoms with E-state index in [9.17, 15) is 5.11 Å². The molecule has 0 amide bonds. The Morgan fingerprint density at radius 2 is 2.00 bits per heavy atom. The van der Waals surface area contributed by atoms with E-state index in [0.29, 0.717) is 13.1 Å². The zero-order valence-electron chi connectivity index (χ0n) is 8.79. The highest BCUT2D eigenvalue weighted by Gasteiger charge is 2.07. The third-order valence-corrected chi connectivity index (χ3v) is 2.06. The summed E-state index contributed by atoms with van der Waals surface area (Å²) in [5.41, 5.74) is 5.31. The summed E-state index contributed by atoms with van der Waals surface area (Å²) in [4.78, 5) is 2.20. The summed E-state index contributed by atoms with van der Waals surface area (Å²) < 4.78 is 0. The van der Waals surface area contributed by atoms with Crippen LogP contribution in [-0.4, -0.2) is 55.4 Å². The summed E-state index contributed by atoms with van der Waals surface area (Å²) in [6, 6.07) is 0. The number of hydrogen-bond donors (Lipinski definition) is 3. The molecule has 80 valence electrons. The lowest BCUT2D eigenvalue weighted by molar-refractivity contribution is 0.117. The molecule has 0 heterocycles. The molecule has 0 aromatic rings. The summed E-state index contributed by atoms with van der Waals surface area (Å²) in [5, 5.41) is 12.7. The Balaban J connectivity index is 3.42. The Hall–Kier alpha value is -0.160. The monoisotopic (exact) mass is 189 g/mol. The van der Waals surface area contributed by atoms with E-state index in [4.69, 9.17) is 5.73 Å². The fraction of sp³-hybridized carbons (Fsp3) is 1.00. The van der Waals surface area contributed by atoms with Gasteiger partial charge in [-0.3, -0.25) is 0 Å². The van der Waals surface area contributed by atoms with Crippen molar-refractivity contribution in [2.24, 2.45) is 5.73 Å². The molecule has 0 rings (SSSR count). The van der Waals surface area contributed by atoms with Crippen molar-refractivity contribution in [1.29, 1.82) is 0 Å². The number of hydrogen-bond acceptors (Lipinski definition) is 4. The van der Waals surface area contributed by atoms with E-state index in [1.54, 1.807) is 0 Å². The second-order valence-electron chi connectivity index (χ2n) is 3.13. The number of nitrogens with one attached hydrogen (secondary N) is 1. The second-order valence-corrected chi connectivity index (χ2v) is 3.13. The molecule has 0 aliphatic heterocycles. The molecular weight excluding hydrogens is 166 g/mol. The van der Waals surface area contributed by atoms with Crippen molar-refractivity contribution in [3.05, 3.63) is 0 Å². The molecule has 4 nitrogen and oxygen atoms in total. The van der Waals surface area contributed by atoms with Gasteiger partial charge < -0.3 is 21.1 Å². The average molecular weight is 189 g/mol. The zero-order valence-corrected chi connectivity index (χ0v) is 8.79. The van der Waals surface area contributed by atoms with Gasteiger partial charge in [0.05, 0.1) is 6.10 Å². The highest BCUT2D eigenvalue weighted by atomic mass is 16.3. The zero-order chi connectivity index (χ0) is 10.1. The Labute approximate surface area is 81.1 Å². The largest absolute Gasteiger partial charge is 0.390 e. The molecule has 4 N–H and O–H groups in total. The summed E-state index contributed by atoms with van der Waals surface area (Å²) in [6.45, 7) is 8.95. The first-order valence-corrected chi connectivity index (χ1v) is 5.05. The van der Waals surface area contributed by atoms with Crippen LogP contribution in [0.1, 0.15) is 13.8 Å². The Morgan fingerprint density at radius 3 is 2.46 bits per heavy atom. The standard InChI is InChI=1S/C9H23N3O/c1-3-12(4-2)8-9(13)7-11-6-5-10/h9,11,13H,3-8,10H2,1-2H3. The van der Waals surface area contributed by atoms with E-state index in [2.05, 4.69) is 24.1 Å². The van der Waals surface area contributed by atoms with E-state index in [1.165, 1.54) is 0 Å². The maximum absolute atomic E-state index is 9.56. The minimum Gasteiger partial charge on any atom is -0.390 e. The third kappa shape index (κ3) is 6.95. The van der Waals surface area contributed by atoms with Crippen LogP contribution in [0.5, 0.6) is 0 Å². The molecule has 1 atom stereocenters. The van der Waals surface area contributed by atoms with Crippen LogP contribution < -0.4 is 11.1 Å². The number of rotatable bonds is 8. The second kappa shape index (κ2) is 8.44. The van der Waals surface area contributed by atoms with Gasteiger partial charge in [0.25, 0.3) is 0 Å². The van der Waals surface area contributed by atoms with E-state index in [-0.39, 0.29) is 6.10 Å². The van der Waals surface area contributed by atoms with Crippen LogP contribution in [0.3, 0.4) is 0 Å². The highest BCUT2D eigenvalue weighted by molar-refractivity contribution is 4.64. The number of aliphatic hydroxyl groups excluding tert-OH is 1. The van der Waals surface area contributed by atoms with Gasteiger partial charge in [0, 0.05) is 26.2 Å². The molecule has 0 aromatic carbocycles. The van der Waals surface area contributed by atoms with Crippen molar-refractivity contribution in [3.8, 4) is 0 Å². The van der Waals surface area contributed by atoms with Crippen LogP contribution >= 0.6 is 0 Å². The van der Waals surface area contributed by atoms with Gasteiger partial charge >= 0.3 is 0 Å². The Bertz CT molecular complexity index is 107. The lowest BCUT2D eigenvalue weighted by Crippen LogP contribution is -2.39. The van der Waals surface area contributed by atoms with Gasteiger partial charge in [-0.05, 0) is 13.1 Å². The van der Waals surface area contributed by atoms with Crippen LogP contribution in [0.25, 0.3) is 0 Å². The molecule has 0 radical (unpaired) electrons. The number of nitrogens with two attached hydrogens (primary N) is 1. The average Bonchev–Trinajstić information content (AvgIpc) is 2.14. The number of likely N-dealkylation sites (N-methyl/N-ethyl adjacent to an activating group) is 1. The molecule has 0 saturated heterocycles. The Kier molecular flexibility index (Phi) is 8.33. The molecule has 0 aliphatic rings. The van der Waals surface area contributed by atoms with Crippen LogP contribution in [0.15, 0.2) is 0 Å². The van der Waals surface area contributed by atoms with Crippen molar-refractivity contribution in [3.63, 3.8) is 0 Å². The van der Waals surface area contributed by atoms with E-state index in [0.717, 1.165) is 26.2 Å². The van der Waals surface area contributed by atoms with Crippen LogP contribution in [-0.2, 0) is 0 Å². The molecule has 0 bridgehead atoms. The quantitative estimate of drug-likeness (QED) is 0.439. The van der Waals surface area contributed by atoms with Crippen molar-refractivity contribution in [1.82, 2.24) is 10.2 Å². The smallest absolute Gasteiger partial charge is 0.0791 e. The van der Waals surface area contributed by atoms with Gasteiger partial charge in [-0.2, -0.15) is 0 Å². The maximum Gasteiger partial charge on any atom is 0.0791 e. The van der Waals surface area contributed by atoms with Crippen molar-refractivity contribution < 1.29 is 5.11 Å². The van der Waals surface area contributed by atoms with E-state index >= 15 is 0 Å². The minimum absolute atomic E-state index is 0.286. The SMILES string of the molecule is CCN(CC)CC(O)CNCCN. The molecular formula is C9H23N3O. The van der Waals surface area contributed by atoms with E-state index in [1.807, 2.05) is 0 Å². The van der Waals surface area contributed by atoms with Crippen LogP contribution in [0.2, 0.25) is 0 Å². The third-order valence-electron chi connectivity index (χ3n) is 2.06. The van der Waals surface area contributed by atoms with Crippen molar-refractivity contribution in [2.75, 3.05) is 39.3 Å². The van der Waals surface area contributed by atoms with Gasteiger partial charge in [0.15, 0.2) is 0 Å². The first kappa shape index (κ1) is 12.8. The minimum atomic E-state index is -0.286. The number of aliphatic hydroxyl groups is 1. The van der Waals surface area contributed by atoms with Gasteiger partial charge in [-0.1, -0.05) is 13.8 Å². The first-order chi connectivity index (χ1) is 6.24. The molecule has 4 heteroatoms. The van der Waals surface area contributed by atoms with Crippen molar-refractivity contribution >= 4 is 0 Å². The summed E-state index contributed by atoms with van der Waals surface area (Å²) >= 11 is 0. The normalized spacial score (nSPS) is 13.6. The molecule has 13 heavy (non-hydrogen) atoms. The molecule has 0 spiro atoms. The Morgan fingerprint density at radius 1 is 1.38 bits per heavy atom. The fourth-order valence-electron chi connectivity index (χ4n) is 1.22. The number of nitrogens with zero attached hydrogens (tertiary/aromatic N) is 1. The summed E-state index contributed by atoms with van der Waals surface area (Å²) in [6.07, 6.45) is -0.286. The van der Waals surface area contributed by atoms with Gasteiger partial charge in [-0.15, -0.1) is 0 Å². The molecule has 0 fully saturated rings. The predicted molar refractivity (Wildman–Crippen MR) is 55.7 cm³/mol. The van der Waals surface area contributed by atoms with Gasteiger partial charge in [0.2, 0.25) is 0 Å². The highest BCUT2D eigenvalue weighted by Crippen LogP contribution is 1.90. The first-order valence-electron chi connectivity index (χ1n) is 5.05. The lowest BCUT2D eigenvalue weighted by atomic mass is 10.3. The van der Waals surface area contributed by atoms with E-state index < -0.39 is 0 Å². The lowest BCUT2D eigenvalue weighted by Gasteiger charge is -2.21. The fourth-order valence-corrected chi connectivity index (χ4v) is 1.22. The van der Waals surface area contributed by atoms with Gasteiger partial charge in [-0.25, -0.2) is 0 Å². The topological polar surface area (TPSA) is 61.5 Å².